The first-order valence-electron chi connectivity index (χ1n) is 5.98. The maximum absolute atomic E-state index is 8.71. The molecule has 0 saturated heterocycles. The number of hydrogen-bond donors (Lipinski definition) is 1. The molecule has 0 aromatic rings. The van der Waals surface area contributed by atoms with Gasteiger partial charge in [-0.25, -0.2) is 0 Å². The van der Waals surface area contributed by atoms with E-state index in [0.717, 1.165) is 19.6 Å². The second kappa shape index (κ2) is 4.51. The zero-order valence-corrected chi connectivity index (χ0v) is 9.24. The second-order valence-electron chi connectivity index (χ2n) is 5.11. The van der Waals surface area contributed by atoms with Gasteiger partial charge in [-0.2, -0.15) is 5.26 Å². The molecule has 2 aliphatic rings. The van der Waals surface area contributed by atoms with Gasteiger partial charge in [0.15, 0.2) is 0 Å². The van der Waals surface area contributed by atoms with E-state index >= 15 is 0 Å². The number of nitrogens with zero attached hydrogens (tertiary/aromatic N) is 1. The Hall–Kier alpha value is -0.590. The van der Waals surface area contributed by atoms with Gasteiger partial charge in [0.25, 0.3) is 0 Å². The summed E-state index contributed by atoms with van der Waals surface area (Å²) < 4.78 is 5.96. The molecule has 0 heterocycles. The fourth-order valence-electron chi connectivity index (χ4n) is 2.49. The van der Waals surface area contributed by atoms with Crippen LogP contribution in [0.25, 0.3) is 0 Å². The van der Waals surface area contributed by atoms with Crippen LogP contribution in [0.4, 0.5) is 0 Å². The Morgan fingerprint density at radius 1 is 1.40 bits per heavy atom. The molecule has 0 aromatic carbocycles. The first kappa shape index (κ1) is 10.9. The molecule has 0 aromatic heterocycles. The summed E-state index contributed by atoms with van der Waals surface area (Å²) >= 11 is 0. The number of ether oxygens (including phenoxy) is 1. The minimum atomic E-state index is 0.219. The second-order valence-corrected chi connectivity index (χ2v) is 5.11. The molecule has 2 saturated carbocycles. The van der Waals surface area contributed by atoms with E-state index in [2.05, 4.69) is 6.07 Å². The highest BCUT2D eigenvalue weighted by molar-refractivity contribution is 4.99. The minimum Gasteiger partial charge on any atom is -0.377 e. The molecule has 2 atom stereocenters. The predicted octanol–water partition coefficient (Wildman–Crippen LogP) is 1.82. The first-order valence-corrected chi connectivity index (χ1v) is 5.98. The molecular formula is C12H20N2O. The van der Waals surface area contributed by atoms with Crippen LogP contribution in [0.1, 0.15) is 38.5 Å². The highest BCUT2D eigenvalue weighted by atomic mass is 16.5. The molecule has 0 radical (unpaired) electrons. The van der Waals surface area contributed by atoms with E-state index in [1.165, 1.54) is 25.7 Å². The highest BCUT2D eigenvalue weighted by Gasteiger charge is 2.43. The standard InChI is InChI=1S/C12H20N2O/c13-7-6-12(4-5-12)9-15-11-3-1-2-10(11)8-14/h10-11H,1-6,8-9,14H2. The molecule has 2 N–H and O–H groups in total. The van der Waals surface area contributed by atoms with E-state index < -0.39 is 0 Å². The lowest BCUT2D eigenvalue weighted by atomic mass is 10.0. The van der Waals surface area contributed by atoms with Crippen LogP contribution in [0.15, 0.2) is 0 Å². The van der Waals surface area contributed by atoms with Gasteiger partial charge in [-0.3, -0.25) is 0 Å². The molecule has 15 heavy (non-hydrogen) atoms. The lowest BCUT2D eigenvalue weighted by Gasteiger charge is -2.21. The van der Waals surface area contributed by atoms with Crippen LogP contribution in [0.5, 0.6) is 0 Å². The SMILES string of the molecule is N#CCC1(COC2CCCC2CN)CC1. The maximum Gasteiger partial charge on any atom is 0.0628 e. The summed E-state index contributed by atoms with van der Waals surface area (Å²) in [7, 11) is 0. The van der Waals surface area contributed by atoms with Crippen LogP contribution in [0.2, 0.25) is 0 Å². The van der Waals surface area contributed by atoms with Gasteiger partial charge in [0.2, 0.25) is 0 Å². The van der Waals surface area contributed by atoms with E-state index in [1.807, 2.05) is 0 Å². The van der Waals surface area contributed by atoms with Crippen LogP contribution in [-0.4, -0.2) is 19.3 Å². The van der Waals surface area contributed by atoms with Crippen LogP contribution >= 0.6 is 0 Å². The fraction of sp³-hybridized carbons (Fsp3) is 0.917. The number of nitrogens with two attached hydrogens (primary N) is 1. The third-order valence-electron chi connectivity index (χ3n) is 3.91. The van der Waals surface area contributed by atoms with Crippen molar-refractivity contribution in [2.75, 3.05) is 13.2 Å². The molecule has 0 aliphatic heterocycles. The molecule has 0 amide bonds. The Labute approximate surface area is 91.6 Å². The van der Waals surface area contributed by atoms with Crippen molar-refractivity contribution in [3.05, 3.63) is 0 Å². The van der Waals surface area contributed by atoms with Gasteiger partial charge >= 0.3 is 0 Å². The highest BCUT2D eigenvalue weighted by Crippen LogP contribution is 2.49. The van der Waals surface area contributed by atoms with E-state index in [9.17, 15) is 0 Å². The van der Waals surface area contributed by atoms with Gasteiger partial charge in [-0.05, 0) is 38.1 Å². The van der Waals surface area contributed by atoms with Gasteiger partial charge in [0.1, 0.15) is 0 Å². The Balaban J connectivity index is 1.76. The largest absolute Gasteiger partial charge is 0.377 e. The summed E-state index contributed by atoms with van der Waals surface area (Å²) in [5, 5.41) is 8.71. The van der Waals surface area contributed by atoms with Crippen molar-refractivity contribution in [2.24, 2.45) is 17.1 Å². The molecular weight excluding hydrogens is 188 g/mol. The van der Waals surface area contributed by atoms with Crippen LogP contribution in [-0.2, 0) is 4.74 Å². The van der Waals surface area contributed by atoms with Crippen LogP contribution < -0.4 is 5.73 Å². The Morgan fingerprint density at radius 3 is 2.80 bits per heavy atom. The maximum atomic E-state index is 8.71. The van der Waals surface area contributed by atoms with E-state index in [1.54, 1.807) is 0 Å². The lowest BCUT2D eigenvalue weighted by Crippen LogP contribution is -2.27. The zero-order chi connectivity index (χ0) is 10.7. The van der Waals surface area contributed by atoms with Gasteiger partial charge < -0.3 is 10.5 Å². The first-order chi connectivity index (χ1) is 7.29. The molecule has 84 valence electrons. The molecule has 3 nitrogen and oxygen atoms in total. The van der Waals surface area contributed by atoms with Crippen molar-refractivity contribution in [3.8, 4) is 6.07 Å². The topological polar surface area (TPSA) is 59.0 Å². The van der Waals surface area contributed by atoms with Crippen molar-refractivity contribution in [1.82, 2.24) is 0 Å². The lowest BCUT2D eigenvalue weighted by molar-refractivity contribution is 0.00363. The average molecular weight is 208 g/mol. The fourth-order valence-corrected chi connectivity index (χ4v) is 2.49. The summed E-state index contributed by atoms with van der Waals surface area (Å²) in [4.78, 5) is 0. The van der Waals surface area contributed by atoms with Crippen molar-refractivity contribution in [3.63, 3.8) is 0 Å². The van der Waals surface area contributed by atoms with Crippen LogP contribution in [0.3, 0.4) is 0 Å². The molecule has 2 unspecified atom stereocenters. The molecule has 0 bridgehead atoms. The molecule has 2 fully saturated rings. The number of rotatable bonds is 5. The van der Waals surface area contributed by atoms with Gasteiger partial charge in [0.05, 0.1) is 18.8 Å². The summed E-state index contributed by atoms with van der Waals surface area (Å²) in [6, 6.07) is 2.27. The van der Waals surface area contributed by atoms with E-state index in [4.69, 9.17) is 15.7 Å². The number of nitriles is 1. The number of hydrogen-bond acceptors (Lipinski definition) is 3. The normalized spacial score (nSPS) is 32.5. The zero-order valence-electron chi connectivity index (χ0n) is 9.24. The predicted molar refractivity (Wildman–Crippen MR) is 58.0 cm³/mol. The summed E-state index contributed by atoms with van der Waals surface area (Å²) in [5.41, 5.74) is 5.92. The summed E-state index contributed by atoms with van der Waals surface area (Å²) in [6.07, 6.45) is 6.98. The monoisotopic (exact) mass is 208 g/mol. The van der Waals surface area contributed by atoms with E-state index in [-0.39, 0.29) is 5.41 Å². The van der Waals surface area contributed by atoms with Crippen molar-refractivity contribution in [2.45, 2.75) is 44.6 Å². The average Bonchev–Trinajstić information content (AvgIpc) is 2.86. The molecule has 2 aliphatic carbocycles. The quantitative estimate of drug-likeness (QED) is 0.749. The van der Waals surface area contributed by atoms with Gasteiger partial charge in [-0.1, -0.05) is 6.42 Å². The molecule has 3 heteroatoms. The van der Waals surface area contributed by atoms with Crippen LogP contribution in [0, 0.1) is 22.7 Å². The Kier molecular flexibility index (Phi) is 3.28. The van der Waals surface area contributed by atoms with Gasteiger partial charge in [-0.15, -0.1) is 0 Å². The molecule has 0 spiro atoms. The molecule has 2 rings (SSSR count). The van der Waals surface area contributed by atoms with Crippen molar-refractivity contribution < 1.29 is 4.74 Å². The summed E-state index contributed by atoms with van der Waals surface area (Å²) in [5.74, 6) is 0.558. The third-order valence-corrected chi connectivity index (χ3v) is 3.91. The third kappa shape index (κ3) is 2.50. The summed E-state index contributed by atoms with van der Waals surface area (Å²) in [6.45, 7) is 1.53. The van der Waals surface area contributed by atoms with Crippen molar-refractivity contribution >= 4 is 0 Å². The smallest absolute Gasteiger partial charge is 0.0628 e. The Morgan fingerprint density at radius 2 is 2.20 bits per heavy atom. The van der Waals surface area contributed by atoms with Gasteiger partial charge in [0, 0.05) is 11.8 Å². The van der Waals surface area contributed by atoms with E-state index in [0.29, 0.717) is 18.4 Å². The van der Waals surface area contributed by atoms with Crippen molar-refractivity contribution in [1.29, 1.82) is 5.26 Å². The Bertz CT molecular complexity index is 255. The minimum absolute atomic E-state index is 0.219.